The van der Waals surface area contributed by atoms with Gasteiger partial charge in [-0.05, 0) is 31.4 Å². The van der Waals surface area contributed by atoms with Gasteiger partial charge in [-0.15, -0.1) is 0 Å². The number of rotatable bonds is 5. The summed E-state index contributed by atoms with van der Waals surface area (Å²) in [6.07, 6.45) is 0.533. The van der Waals surface area contributed by atoms with E-state index < -0.39 is 0 Å². The van der Waals surface area contributed by atoms with Crippen molar-refractivity contribution in [2.75, 3.05) is 6.54 Å². The molecule has 0 atom stereocenters. The molecule has 0 radical (unpaired) electrons. The first-order valence-electron chi connectivity index (χ1n) is 5.69. The largest absolute Gasteiger partial charge is 0.349 e. The zero-order chi connectivity index (χ0) is 12.3. The minimum absolute atomic E-state index is 0.0198. The first kappa shape index (κ1) is 12.7. The third kappa shape index (κ3) is 3.08. The Kier molecular flexibility index (Phi) is 4.10. The van der Waals surface area contributed by atoms with Gasteiger partial charge < -0.3 is 4.57 Å². The smallest absolute Gasteiger partial charge is 0.207 e. The highest BCUT2D eigenvalue weighted by molar-refractivity contribution is 5.26. The minimum Gasteiger partial charge on any atom is -0.349 e. The lowest BCUT2D eigenvalue weighted by atomic mass is 10.2. The summed E-state index contributed by atoms with van der Waals surface area (Å²) < 4.78 is 2.25. The van der Waals surface area contributed by atoms with Gasteiger partial charge in [0.15, 0.2) is 0 Å². The number of aryl methyl sites for hydroxylation is 1. The van der Waals surface area contributed by atoms with Crippen molar-refractivity contribution in [1.29, 1.82) is 0 Å². The van der Waals surface area contributed by atoms with Crippen LogP contribution in [0.3, 0.4) is 0 Å². The zero-order valence-electron chi connectivity index (χ0n) is 10.5. The Balaban J connectivity index is 2.84. The fourth-order valence-electron chi connectivity index (χ4n) is 1.98. The number of nitro groups is 1. The van der Waals surface area contributed by atoms with Gasteiger partial charge in [0.05, 0.1) is 0 Å². The highest BCUT2D eigenvalue weighted by Crippen LogP contribution is 2.17. The van der Waals surface area contributed by atoms with Crippen molar-refractivity contribution < 1.29 is 4.92 Å². The van der Waals surface area contributed by atoms with Crippen LogP contribution in [-0.2, 0) is 13.0 Å². The molecule has 0 saturated carbocycles. The quantitative estimate of drug-likeness (QED) is 0.570. The predicted octanol–water partition coefficient (Wildman–Crippen LogP) is 2.58. The molecule has 0 aliphatic heterocycles. The maximum atomic E-state index is 10.4. The van der Waals surface area contributed by atoms with E-state index in [4.69, 9.17) is 0 Å². The number of nitrogens with zero attached hydrogens (tertiary/aromatic N) is 2. The lowest BCUT2D eigenvalue weighted by molar-refractivity contribution is -0.479. The summed E-state index contributed by atoms with van der Waals surface area (Å²) in [4.78, 5) is 10.1. The van der Waals surface area contributed by atoms with Crippen molar-refractivity contribution in [1.82, 2.24) is 4.57 Å². The van der Waals surface area contributed by atoms with Crippen LogP contribution >= 0.6 is 0 Å². The maximum Gasteiger partial charge on any atom is 0.207 e. The third-order valence-electron chi connectivity index (χ3n) is 2.79. The van der Waals surface area contributed by atoms with Crippen LogP contribution in [-0.4, -0.2) is 16.0 Å². The van der Waals surface area contributed by atoms with Crippen molar-refractivity contribution in [2.45, 2.75) is 40.7 Å². The second kappa shape index (κ2) is 5.14. The van der Waals surface area contributed by atoms with E-state index in [1.165, 1.54) is 11.4 Å². The van der Waals surface area contributed by atoms with Crippen molar-refractivity contribution in [3.05, 3.63) is 33.1 Å². The minimum atomic E-state index is -0.255. The first-order chi connectivity index (χ1) is 7.41. The van der Waals surface area contributed by atoms with Crippen LogP contribution in [0.5, 0.6) is 0 Å². The standard InChI is InChI=1S/C12H20N2O2/c1-9(2)8-13-10(3)7-12(11(13)4)5-6-14(15)16/h7,9H,5-6,8H2,1-4H3. The van der Waals surface area contributed by atoms with Crippen LogP contribution in [0.1, 0.15) is 30.8 Å². The van der Waals surface area contributed by atoms with Crippen molar-refractivity contribution in [3.63, 3.8) is 0 Å². The van der Waals surface area contributed by atoms with Gasteiger partial charge in [-0.1, -0.05) is 13.8 Å². The van der Waals surface area contributed by atoms with Gasteiger partial charge in [-0.3, -0.25) is 10.1 Å². The molecule has 1 heterocycles. The molecular formula is C12H20N2O2. The Hall–Kier alpha value is -1.32. The molecule has 4 heteroatoms. The van der Waals surface area contributed by atoms with Gasteiger partial charge in [0.2, 0.25) is 6.54 Å². The van der Waals surface area contributed by atoms with E-state index in [1.54, 1.807) is 0 Å². The van der Waals surface area contributed by atoms with Crippen molar-refractivity contribution >= 4 is 0 Å². The third-order valence-corrected chi connectivity index (χ3v) is 2.79. The predicted molar refractivity (Wildman–Crippen MR) is 64.3 cm³/mol. The molecule has 0 bridgehead atoms. The zero-order valence-corrected chi connectivity index (χ0v) is 10.5. The van der Waals surface area contributed by atoms with Gasteiger partial charge in [0.1, 0.15) is 0 Å². The van der Waals surface area contributed by atoms with E-state index in [0.29, 0.717) is 12.3 Å². The lowest BCUT2D eigenvalue weighted by Gasteiger charge is -2.12. The average Bonchev–Trinajstić information content (AvgIpc) is 2.42. The van der Waals surface area contributed by atoms with E-state index in [9.17, 15) is 10.1 Å². The molecule has 4 nitrogen and oxygen atoms in total. The van der Waals surface area contributed by atoms with Crippen molar-refractivity contribution in [2.24, 2.45) is 5.92 Å². The Morgan fingerprint density at radius 2 is 2.06 bits per heavy atom. The molecule has 0 spiro atoms. The summed E-state index contributed by atoms with van der Waals surface area (Å²) in [5, 5.41) is 10.4. The Labute approximate surface area is 96.4 Å². The molecule has 0 fully saturated rings. The lowest BCUT2D eigenvalue weighted by Crippen LogP contribution is -2.09. The van der Waals surface area contributed by atoms with Crippen LogP contribution in [0.25, 0.3) is 0 Å². The van der Waals surface area contributed by atoms with E-state index in [2.05, 4.69) is 31.4 Å². The number of hydrogen-bond acceptors (Lipinski definition) is 2. The van der Waals surface area contributed by atoms with Crippen molar-refractivity contribution in [3.8, 4) is 0 Å². The molecule has 90 valence electrons. The monoisotopic (exact) mass is 224 g/mol. The van der Waals surface area contributed by atoms with Crippen LogP contribution in [0, 0.1) is 29.9 Å². The summed E-state index contributed by atoms with van der Waals surface area (Å²) in [5.41, 5.74) is 3.48. The molecular weight excluding hydrogens is 204 g/mol. The number of hydrogen-bond donors (Lipinski definition) is 0. The highest BCUT2D eigenvalue weighted by Gasteiger charge is 2.11. The molecule has 0 aromatic carbocycles. The molecule has 1 aromatic rings. The van der Waals surface area contributed by atoms with E-state index in [1.807, 2.05) is 6.92 Å². The molecule has 0 saturated heterocycles. The van der Waals surface area contributed by atoms with Crippen LogP contribution < -0.4 is 0 Å². The fourth-order valence-corrected chi connectivity index (χ4v) is 1.98. The van der Waals surface area contributed by atoms with Gasteiger partial charge >= 0.3 is 0 Å². The van der Waals surface area contributed by atoms with Gasteiger partial charge in [-0.2, -0.15) is 0 Å². The summed E-state index contributed by atoms with van der Waals surface area (Å²) >= 11 is 0. The second-order valence-electron chi connectivity index (χ2n) is 4.71. The molecule has 0 N–H and O–H groups in total. The average molecular weight is 224 g/mol. The SMILES string of the molecule is Cc1cc(CC[N+](=O)[O-])c(C)n1CC(C)C. The molecule has 16 heavy (non-hydrogen) atoms. The summed E-state index contributed by atoms with van der Waals surface area (Å²) in [5.74, 6) is 0.591. The summed E-state index contributed by atoms with van der Waals surface area (Å²) in [6.45, 7) is 9.46. The Morgan fingerprint density at radius 1 is 1.44 bits per heavy atom. The van der Waals surface area contributed by atoms with Crippen LogP contribution in [0.15, 0.2) is 6.07 Å². The Morgan fingerprint density at radius 3 is 2.56 bits per heavy atom. The van der Waals surface area contributed by atoms with E-state index >= 15 is 0 Å². The molecule has 0 unspecified atom stereocenters. The maximum absolute atomic E-state index is 10.4. The van der Waals surface area contributed by atoms with E-state index in [-0.39, 0.29) is 11.5 Å². The first-order valence-corrected chi connectivity index (χ1v) is 5.69. The molecule has 1 aromatic heterocycles. The summed E-state index contributed by atoms with van der Waals surface area (Å²) in [7, 11) is 0. The molecule has 0 aliphatic carbocycles. The normalized spacial score (nSPS) is 11.1. The molecule has 0 aliphatic rings. The summed E-state index contributed by atoms with van der Waals surface area (Å²) in [6, 6.07) is 2.07. The second-order valence-corrected chi connectivity index (χ2v) is 4.71. The Bertz CT molecular complexity index is 381. The van der Waals surface area contributed by atoms with Crippen LogP contribution in [0.4, 0.5) is 0 Å². The van der Waals surface area contributed by atoms with Crippen LogP contribution in [0.2, 0.25) is 0 Å². The van der Waals surface area contributed by atoms with Gasteiger partial charge in [-0.25, -0.2) is 0 Å². The topological polar surface area (TPSA) is 48.1 Å². The van der Waals surface area contributed by atoms with Gasteiger partial charge in [0, 0.05) is 29.3 Å². The highest BCUT2D eigenvalue weighted by atomic mass is 16.6. The molecule has 0 amide bonds. The van der Waals surface area contributed by atoms with Gasteiger partial charge in [0.25, 0.3) is 0 Å². The molecule has 1 rings (SSSR count). The van der Waals surface area contributed by atoms with E-state index in [0.717, 1.165) is 12.1 Å². The number of aromatic nitrogens is 1. The fraction of sp³-hybridized carbons (Fsp3) is 0.667.